The standard InChI is InChI=1S/C16H13ClN4O4/c1-10-2-5-14(25-10)16(23)24-7-15(22)20-12-6-11(17)3-4-13(12)21-9-18-8-19-21/h2-6,8-9H,7H2,1H3,(H,20,22). The van der Waals surface area contributed by atoms with E-state index in [0.717, 1.165) is 0 Å². The Morgan fingerprint density at radius 2 is 2.16 bits per heavy atom. The van der Waals surface area contributed by atoms with Gasteiger partial charge in [-0.1, -0.05) is 11.6 Å². The maximum Gasteiger partial charge on any atom is 0.374 e. The lowest BCUT2D eigenvalue weighted by Gasteiger charge is -2.11. The van der Waals surface area contributed by atoms with Crippen LogP contribution in [0.2, 0.25) is 5.02 Å². The van der Waals surface area contributed by atoms with E-state index in [0.29, 0.717) is 22.2 Å². The van der Waals surface area contributed by atoms with Crippen LogP contribution in [0.15, 0.2) is 47.4 Å². The zero-order valence-corrected chi connectivity index (χ0v) is 13.9. The Hall–Kier alpha value is -3.13. The van der Waals surface area contributed by atoms with Crippen molar-refractivity contribution in [1.82, 2.24) is 14.8 Å². The average Bonchev–Trinajstić information content (AvgIpc) is 3.24. The van der Waals surface area contributed by atoms with Gasteiger partial charge in [0, 0.05) is 5.02 Å². The van der Waals surface area contributed by atoms with Gasteiger partial charge in [-0.3, -0.25) is 4.79 Å². The van der Waals surface area contributed by atoms with Crippen molar-refractivity contribution in [3.05, 3.63) is 59.5 Å². The number of carbonyl (C=O) groups excluding carboxylic acids is 2. The molecule has 0 aliphatic rings. The van der Waals surface area contributed by atoms with Crippen molar-refractivity contribution < 1.29 is 18.7 Å². The van der Waals surface area contributed by atoms with Crippen molar-refractivity contribution >= 4 is 29.2 Å². The minimum Gasteiger partial charge on any atom is -0.454 e. The highest BCUT2D eigenvalue weighted by Gasteiger charge is 2.15. The summed E-state index contributed by atoms with van der Waals surface area (Å²) >= 11 is 5.98. The summed E-state index contributed by atoms with van der Waals surface area (Å²) < 4.78 is 11.5. The highest BCUT2D eigenvalue weighted by Crippen LogP contribution is 2.23. The van der Waals surface area contributed by atoms with Crippen LogP contribution in [0.3, 0.4) is 0 Å². The monoisotopic (exact) mass is 360 g/mol. The molecule has 0 aliphatic heterocycles. The molecule has 0 saturated carbocycles. The van der Waals surface area contributed by atoms with Gasteiger partial charge in [0.1, 0.15) is 18.4 Å². The molecular formula is C16H13ClN4O4. The molecule has 0 unspecified atom stereocenters. The Morgan fingerprint density at radius 3 is 2.84 bits per heavy atom. The predicted octanol–water partition coefficient (Wildman–Crippen LogP) is 2.62. The Kier molecular flexibility index (Phi) is 4.80. The highest BCUT2D eigenvalue weighted by atomic mass is 35.5. The number of hydrogen-bond donors (Lipinski definition) is 1. The minimum absolute atomic E-state index is 0.0383. The highest BCUT2D eigenvalue weighted by molar-refractivity contribution is 6.31. The summed E-state index contributed by atoms with van der Waals surface area (Å²) in [6.07, 6.45) is 2.85. The van der Waals surface area contributed by atoms with Gasteiger partial charge in [-0.05, 0) is 37.3 Å². The van der Waals surface area contributed by atoms with Crippen molar-refractivity contribution in [2.24, 2.45) is 0 Å². The molecule has 0 spiro atoms. The van der Waals surface area contributed by atoms with Crippen LogP contribution in [0.1, 0.15) is 16.3 Å². The van der Waals surface area contributed by atoms with Gasteiger partial charge in [-0.25, -0.2) is 14.5 Å². The first kappa shape index (κ1) is 16.7. The molecule has 3 aromatic rings. The Balaban J connectivity index is 1.67. The second kappa shape index (κ2) is 7.18. The maximum absolute atomic E-state index is 12.1. The van der Waals surface area contributed by atoms with Gasteiger partial charge in [0.2, 0.25) is 5.76 Å². The number of nitrogens with one attached hydrogen (secondary N) is 1. The van der Waals surface area contributed by atoms with Crippen LogP contribution in [-0.4, -0.2) is 33.2 Å². The lowest BCUT2D eigenvalue weighted by atomic mass is 10.2. The normalized spacial score (nSPS) is 10.5. The molecule has 0 bridgehead atoms. The summed E-state index contributed by atoms with van der Waals surface area (Å²) in [6, 6.07) is 8.02. The van der Waals surface area contributed by atoms with Crippen molar-refractivity contribution in [3.8, 4) is 5.69 Å². The molecule has 2 heterocycles. The molecule has 0 fully saturated rings. The molecule has 0 aliphatic carbocycles. The van der Waals surface area contributed by atoms with Gasteiger partial charge in [0.05, 0.1) is 11.4 Å². The van der Waals surface area contributed by atoms with Gasteiger partial charge in [-0.2, -0.15) is 5.10 Å². The first-order chi connectivity index (χ1) is 12.0. The molecule has 0 radical (unpaired) electrons. The van der Waals surface area contributed by atoms with E-state index in [4.69, 9.17) is 20.8 Å². The largest absolute Gasteiger partial charge is 0.454 e. The van der Waals surface area contributed by atoms with E-state index >= 15 is 0 Å². The molecule has 3 rings (SSSR count). The molecule has 9 heteroatoms. The van der Waals surface area contributed by atoms with Crippen molar-refractivity contribution in [2.75, 3.05) is 11.9 Å². The van der Waals surface area contributed by atoms with Gasteiger partial charge >= 0.3 is 5.97 Å². The second-order valence-electron chi connectivity index (χ2n) is 5.04. The number of aromatic nitrogens is 3. The first-order valence-corrected chi connectivity index (χ1v) is 7.58. The zero-order chi connectivity index (χ0) is 17.8. The number of rotatable bonds is 5. The summed E-state index contributed by atoms with van der Waals surface area (Å²) in [4.78, 5) is 27.7. The molecule has 1 aromatic carbocycles. The van der Waals surface area contributed by atoms with E-state index in [1.54, 1.807) is 31.2 Å². The first-order valence-electron chi connectivity index (χ1n) is 7.21. The molecule has 1 amide bonds. The number of ether oxygens (including phenoxy) is 1. The zero-order valence-electron chi connectivity index (χ0n) is 13.1. The smallest absolute Gasteiger partial charge is 0.374 e. The molecular weight excluding hydrogens is 348 g/mol. The van der Waals surface area contributed by atoms with E-state index in [1.165, 1.54) is 23.4 Å². The van der Waals surface area contributed by atoms with Gasteiger partial charge < -0.3 is 14.5 Å². The fourth-order valence-corrected chi connectivity index (χ4v) is 2.25. The number of benzene rings is 1. The molecule has 0 saturated heterocycles. The quantitative estimate of drug-likeness (QED) is 0.702. The molecule has 8 nitrogen and oxygen atoms in total. The fourth-order valence-electron chi connectivity index (χ4n) is 2.07. The molecule has 2 aromatic heterocycles. The maximum atomic E-state index is 12.1. The Bertz CT molecular complexity index is 905. The summed E-state index contributed by atoms with van der Waals surface area (Å²) in [5, 5.41) is 7.08. The van der Waals surface area contributed by atoms with Crippen LogP contribution >= 0.6 is 11.6 Å². The molecule has 25 heavy (non-hydrogen) atoms. The predicted molar refractivity (Wildman–Crippen MR) is 88.7 cm³/mol. The van der Waals surface area contributed by atoms with Gasteiger partial charge in [0.15, 0.2) is 6.61 Å². The van der Waals surface area contributed by atoms with E-state index in [-0.39, 0.29) is 5.76 Å². The molecule has 128 valence electrons. The third-order valence-corrected chi connectivity index (χ3v) is 3.41. The SMILES string of the molecule is Cc1ccc(C(=O)OCC(=O)Nc2cc(Cl)ccc2-n2cncn2)o1. The minimum atomic E-state index is -0.717. The Labute approximate surface area is 147 Å². The average molecular weight is 361 g/mol. The summed E-state index contributed by atoms with van der Waals surface area (Å²) in [5.41, 5.74) is 0.983. The van der Waals surface area contributed by atoms with Crippen LogP contribution in [0.5, 0.6) is 0 Å². The van der Waals surface area contributed by atoms with E-state index in [2.05, 4.69) is 15.4 Å². The number of carbonyl (C=O) groups is 2. The lowest BCUT2D eigenvalue weighted by molar-refractivity contribution is -0.119. The van der Waals surface area contributed by atoms with Crippen molar-refractivity contribution in [1.29, 1.82) is 0 Å². The second-order valence-corrected chi connectivity index (χ2v) is 5.47. The number of anilines is 1. The summed E-state index contributed by atoms with van der Waals surface area (Å²) in [7, 11) is 0. The summed E-state index contributed by atoms with van der Waals surface area (Å²) in [5.74, 6) is -0.629. The van der Waals surface area contributed by atoms with Crippen molar-refractivity contribution in [3.63, 3.8) is 0 Å². The Morgan fingerprint density at radius 1 is 1.32 bits per heavy atom. The molecule has 1 N–H and O–H groups in total. The van der Waals surface area contributed by atoms with Crippen LogP contribution in [-0.2, 0) is 9.53 Å². The lowest BCUT2D eigenvalue weighted by Crippen LogP contribution is -2.21. The van der Waals surface area contributed by atoms with Crippen LogP contribution in [0, 0.1) is 6.92 Å². The van der Waals surface area contributed by atoms with Gasteiger partial charge in [-0.15, -0.1) is 0 Å². The third kappa shape index (κ3) is 4.04. The van der Waals surface area contributed by atoms with Gasteiger partial charge in [0.25, 0.3) is 5.91 Å². The van der Waals surface area contributed by atoms with Crippen LogP contribution < -0.4 is 5.32 Å². The topological polar surface area (TPSA) is 99.2 Å². The number of amides is 1. The number of furan rings is 1. The summed E-state index contributed by atoms with van der Waals surface area (Å²) in [6.45, 7) is 1.23. The van der Waals surface area contributed by atoms with Crippen LogP contribution in [0.4, 0.5) is 5.69 Å². The number of esters is 1. The number of halogens is 1. The van der Waals surface area contributed by atoms with E-state index in [9.17, 15) is 9.59 Å². The van der Waals surface area contributed by atoms with Crippen LogP contribution in [0.25, 0.3) is 5.69 Å². The van der Waals surface area contributed by atoms with E-state index < -0.39 is 18.5 Å². The number of aryl methyl sites for hydroxylation is 1. The third-order valence-electron chi connectivity index (χ3n) is 3.17. The number of nitrogens with zero attached hydrogens (tertiary/aromatic N) is 3. The molecule has 0 atom stereocenters. The fraction of sp³-hybridized carbons (Fsp3) is 0.125. The number of hydrogen-bond acceptors (Lipinski definition) is 6. The van der Waals surface area contributed by atoms with Crippen molar-refractivity contribution in [2.45, 2.75) is 6.92 Å². The van der Waals surface area contributed by atoms with E-state index in [1.807, 2.05) is 0 Å².